The highest BCUT2D eigenvalue weighted by Crippen LogP contribution is 2.27. The molecule has 1 aromatic heterocycles. The fraction of sp³-hybridized carbons (Fsp3) is 0.360. The first-order valence-electron chi connectivity index (χ1n) is 11.5. The third kappa shape index (κ3) is 7.65. The van der Waals surface area contributed by atoms with E-state index >= 15 is 0 Å². The summed E-state index contributed by atoms with van der Waals surface area (Å²) >= 11 is 15.1. The van der Waals surface area contributed by atoms with Crippen LogP contribution in [0.4, 0.5) is 5.69 Å². The molecule has 0 saturated heterocycles. The third-order valence-electron chi connectivity index (χ3n) is 5.25. The Kier molecular flexibility index (Phi) is 10.5. The van der Waals surface area contributed by atoms with Crippen molar-refractivity contribution in [1.29, 1.82) is 0 Å². The van der Waals surface area contributed by atoms with E-state index in [1.807, 2.05) is 42.0 Å². The van der Waals surface area contributed by atoms with E-state index < -0.39 is 0 Å². The molecule has 0 aliphatic carbocycles. The molecule has 2 N–H and O–H groups in total. The molecule has 3 rings (SSSR count). The van der Waals surface area contributed by atoms with Crippen molar-refractivity contribution in [3.63, 3.8) is 0 Å². The van der Waals surface area contributed by atoms with Gasteiger partial charge in [-0.3, -0.25) is 9.59 Å². The number of carbonyl (C=O) groups is 2. The average molecular weight is 567 g/mol. The number of nitrogens with zero attached hydrogens (tertiary/aromatic N) is 3. The summed E-state index contributed by atoms with van der Waals surface area (Å²) in [6.45, 7) is 6.73. The highest BCUT2D eigenvalue weighted by molar-refractivity contribution is 7.99. The summed E-state index contributed by atoms with van der Waals surface area (Å²) in [5, 5.41) is 16.1. The predicted molar refractivity (Wildman–Crippen MR) is 149 cm³/mol. The minimum absolute atomic E-state index is 0.130. The zero-order valence-corrected chi connectivity index (χ0v) is 23.7. The predicted octanol–water partition coefficient (Wildman–Crippen LogP) is 6.57. The topological polar surface area (TPSA) is 88.9 Å². The molecule has 0 unspecified atom stereocenters. The number of hydrogen-bond donors (Lipinski definition) is 2. The fourth-order valence-electron chi connectivity index (χ4n) is 3.60. The van der Waals surface area contributed by atoms with Gasteiger partial charge in [0.05, 0.1) is 22.4 Å². The number of amides is 2. The Morgan fingerprint density at radius 3 is 2.56 bits per heavy atom. The third-order valence-corrected chi connectivity index (χ3v) is 7.49. The van der Waals surface area contributed by atoms with Gasteiger partial charge in [0.1, 0.15) is 0 Å². The number of anilines is 1. The zero-order valence-electron chi connectivity index (χ0n) is 20.5. The minimum atomic E-state index is -0.380. The first-order chi connectivity index (χ1) is 17.2. The number of rotatable bonds is 11. The quantitative estimate of drug-likeness (QED) is 0.255. The maximum absolute atomic E-state index is 13.0. The van der Waals surface area contributed by atoms with Gasteiger partial charge in [-0.25, -0.2) is 0 Å². The van der Waals surface area contributed by atoms with E-state index in [0.717, 1.165) is 10.6 Å². The zero-order chi connectivity index (χ0) is 26.2. The van der Waals surface area contributed by atoms with Gasteiger partial charge >= 0.3 is 0 Å². The molecule has 7 nitrogen and oxygen atoms in total. The van der Waals surface area contributed by atoms with E-state index in [1.54, 1.807) is 30.0 Å². The number of carbonyl (C=O) groups excluding carboxylic acids is 2. The molecule has 2 amide bonds. The van der Waals surface area contributed by atoms with E-state index in [4.69, 9.17) is 23.2 Å². The number of benzene rings is 2. The summed E-state index contributed by atoms with van der Waals surface area (Å²) in [7, 11) is 0. The Morgan fingerprint density at radius 1 is 1.11 bits per heavy atom. The van der Waals surface area contributed by atoms with E-state index in [9.17, 15) is 9.59 Å². The standard InChI is InChI=1S/C25H29Cl2N5O2S2/c1-5-32-23(21(11-15(2)3)29-24(34)19-10-9-16(26)12-20(19)27)30-31-25(32)36-14-22(33)28-17-7-6-8-18(13-17)35-4/h6-10,12-13,15,21H,5,11,14H2,1-4H3,(H,28,33)(H,29,34)/t21-/m1/s1. The van der Waals surface area contributed by atoms with Crippen molar-refractivity contribution in [3.8, 4) is 0 Å². The van der Waals surface area contributed by atoms with Crippen molar-refractivity contribution in [2.45, 2.75) is 49.8 Å². The molecule has 0 fully saturated rings. The Hall–Kier alpha value is -2.20. The number of halogens is 2. The Morgan fingerprint density at radius 2 is 1.89 bits per heavy atom. The molecule has 36 heavy (non-hydrogen) atoms. The van der Waals surface area contributed by atoms with Crippen LogP contribution >= 0.6 is 46.7 Å². The van der Waals surface area contributed by atoms with Crippen LogP contribution in [-0.2, 0) is 11.3 Å². The molecule has 3 aromatic rings. The maximum Gasteiger partial charge on any atom is 0.253 e. The maximum atomic E-state index is 13.0. The van der Waals surface area contributed by atoms with Crippen molar-refractivity contribution in [2.75, 3.05) is 17.3 Å². The molecule has 1 heterocycles. The van der Waals surface area contributed by atoms with E-state index in [-0.39, 0.29) is 34.5 Å². The molecule has 1 atom stereocenters. The molecule has 0 saturated carbocycles. The number of hydrogen-bond acceptors (Lipinski definition) is 6. The lowest BCUT2D eigenvalue weighted by molar-refractivity contribution is -0.113. The molecular weight excluding hydrogens is 537 g/mol. The smallest absolute Gasteiger partial charge is 0.253 e. The van der Waals surface area contributed by atoms with Crippen LogP contribution in [0, 0.1) is 5.92 Å². The lowest BCUT2D eigenvalue weighted by atomic mass is 10.0. The normalized spacial score (nSPS) is 12.0. The highest BCUT2D eigenvalue weighted by atomic mass is 35.5. The summed E-state index contributed by atoms with van der Waals surface area (Å²) in [6.07, 6.45) is 2.65. The van der Waals surface area contributed by atoms with Gasteiger partial charge in [0.2, 0.25) is 5.91 Å². The molecule has 0 spiro atoms. The van der Waals surface area contributed by atoms with Crippen molar-refractivity contribution >= 4 is 64.2 Å². The van der Waals surface area contributed by atoms with Gasteiger partial charge in [0, 0.05) is 22.2 Å². The van der Waals surface area contributed by atoms with Gasteiger partial charge in [-0.15, -0.1) is 22.0 Å². The molecule has 192 valence electrons. The van der Waals surface area contributed by atoms with E-state index in [2.05, 4.69) is 34.7 Å². The van der Waals surface area contributed by atoms with Gasteiger partial charge in [-0.05, 0) is 61.9 Å². The summed E-state index contributed by atoms with van der Waals surface area (Å²) in [6, 6.07) is 12.1. The summed E-state index contributed by atoms with van der Waals surface area (Å²) in [5.74, 6) is 0.671. The summed E-state index contributed by atoms with van der Waals surface area (Å²) in [4.78, 5) is 26.7. The van der Waals surface area contributed by atoms with Crippen molar-refractivity contribution in [1.82, 2.24) is 20.1 Å². The molecule has 0 aliphatic heterocycles. The van der Waals surface area contributed by atoms with E-state index in [0.29, 0.717) is 34.5 Å². The van der Waals surface area contributed by atoms with Crippen LogP contribution in [0.15, 0.2) is 52.5 Å². The number of nitrogens with one attached hydrogen (secondary N) is 2. The van der Waals surface area contributed by atoms with Gasteiger partial charge in [-0.2, -0.15) is 0 Å². The lowest BCUT2D eigenvalue weighted by Crippen LogP contribution is -2.31. The Balaban J connectivity index is 1.74. The van der Waals surface area contributed by atoms with Gasteiger partial charge in [0.15, 0.2) is 11.0 Å². The monoisotopic (exact) mass is 565 g/mol. The van der Waals surface area contributed by atoms with Crippen LogP contribution in [0.1, 0.15) is 49.4 Å². The number of aromatic nitrogens is 3. The molecule has 0 radical (unpaired) electrons. The van der Waals surface area contributed by atoms with Crippen molar-refractivity contribution < 1.29 is 9.59 Å². The second kappa shape index (κ2) is 13.4. The second-order valence-corrected chi connectivity index (χ2v) is 11.1. The van der Waals surface area contributed by atoms with Gasteiger partial charge in [0.25, 0.3) is 5.91 Å². The number of thioether (sulfide) groups is 2. The second-order valence-electron chi connectivity index (χ2n) is 8.43. The van der Waals surface area contributed by atoms with Crippen LogP contribution in [0.2, 0.25) is 10.0 Å². The van der Waals surface area contributed by atoms with Crippen molar-refractivity contribution in [3.05, 3.63) is 63.9 Å². The largest absolute Gasteiger partial charge is 0.342 e. The average Bonchev–Trinajstić information content (AvgIpc) is 3.25. The molecule has 0 bridgehead atoms. The van der Waals surface area contributed by atoms with Crippen molar-refractivity contribution in [2.24, 2.45) is 5.92 Å². The molecular formula is C25H29Cl2N5O2S2. The highest BCUT2D eigenvalue weighted by Gasteiger charge is 2.25. The Bertz CT molecular complexity index is 1220. The van der Waals surface area contributed by atoms with Crippen LogP contribution in [0.3, 0.4) is 0 Å². The van der Waals surface area contributed by atoms with Gasteiger partial charge in [-0.1, -0.05) is 54.9 Å². The lowest BCUT2D eigenvalue weighted by Gasteiger charge is -2.21. The first kappa shape index (κ1) is 28.4. The summed E-state index contributed by atoms with van der Waals surface area (Å²) in [5.41, 5.74) is 1.10. The Labute approximate surface area is 230 Å². The first-order valence-corrected chi connectivity index (χ1v) is 14.4. The fourth-order valence-corrected chi connectivity index (χ4v) is 5.36. The van der Waals surface area contributed by atoms with Crippen LogP contribution < -0.4 is 10.6 Å². The van der Waals surface area contributed by atoms with Gasteiger partial charge < -0.3 is 15.2 Å². The van der Waals surface area contributed by atoms with Crippen LogP contribution in [0.5, 0.6) is 0 Å². The van der Waals surface area contributed by atoms with E-state index in [1.165, 1.54) is 11.8 Å². The van der Waals surface area contributed by atoms with Crippen LogP contribution in [-0.4, -0.2) is 38.6 Å². The minimum Gasteiger partial charge on any atom is -0.342 e. The summed E-state index contributed by atoms with van der Waals surface area (Å²) < 4.78 is 1.93. The molecule has 0 aliphatic rings. The molecule has 11 heteroatoms. The van der Waals surface area contributed by atoms with Crippen LogP contribution in [0.25, 0.3) is 0 Å². The molecule has 2 aromatic carbocycles. The SMILES string of the molecule is CCn1c(SCC(=O)Nc2cccc(SC)c2)nnc1[C@@H](CC(C)C)NC(=O)c1ccc(Cl)cc1Cl.